The minimum atomic E-state index is -0.251. The number of halogens is 1. The van der Waals surface area contributed by atoms with Crippen molar-refractivity contribution in [1.29, 1.82) is 0 Å². The van der Waals surface area contributed by atoms with E-state index in [0.717, 1.165) is 35.5 Å². The van der Waals surface area contributed by atoms with Gasteiger partial charge >= 0.3 is 0 Å². The third-order valence-corrected chi connectivity index (χ3v) is 5.29. The largest absolute Gasteiger partial charge is 0.371 e. The SMILES string of the molecule is Cc1ccc(F)cc1C1=NCC(c2ccc(N3CCCCC3)c(C)c2)=N1. The predicted octanol–water partition coefficient (Wildman–Crippen LogP) is 4.68. The number of amidine groups is 1. The van der Waals surface area contributed by atoms with Gasteiger partial charge in [0.25, 0.3) is 0 Å². The number of rotatable bonds is 3. The molecule has 1 fully saturated rings. The van der Waals surface area contributed by atoms with Gasteiger partial charge in [-0.1, -0.05) is 12.1 Å². The molecule has 4 rings (SSSR count). The van der Waals surface area contributed by atoms with Gasteiger partial charge in [0.1, 0.15) is 5.82 Å². The summed E-state index contributed by atoms with van der Waals surface area (Å²) in [4.78, 5) is 11.7. The number of hydrogen-bond donors (Lipinski definition) is 0. The lowest BCUT2D eigenvalue weighted by Crippen LogP contribution is -2.30. The quantitative estimate of drug-likeness (QED) is 0.790. The molecule has 0 radical (unpaired) electrons. The monoisotopic (exact) mass is 349 g/mol. The highest BCUT2D eigenvalue weighted by Gasteiger charge is 2.18. The number of anilines is 1. The molecule has 1 saturated heterocycles. The minimum Gasteiger partial charge on any atom is -0.371 e. The summed E-state index contributed by atoms with van der Waals surface area (Å²) in [6.45, 7) is 6.97. The number of piperidine rings is 1. The van der Waals surface area contributed by atoms with Crippen molar-refractivity contribution >= 4 is 17.2 Å². The van der Waals surface area contributed by atoms with Crippen LogP contribution in [0.4, 0.5) is 10.1 Å². The van der Waals surface area contributed by atoms with Crippen LogP contribution in [-0.2, 0) is 0 Å². The van der Waals surface area contributed by atoms with Gasteiger partial charge < -0.3 is 4.90 Å². The first-order chi connectivity index (χ1) is 12.6. The van der Waals surface area contributed by atoms with E-state index in [1.165, 1.54) is 42.6 Å². The molecule has 2 aliphatic rings. The maximum atomic E-state index is 13.6. The summed E-state index contributed by atoms with van der Waals surface area (Å²) in [7, 11) is 0. The van der Waals surface area contributed by atoms with Crippen LogP contribution >= 0.6 is 0 Å². The van der Waals surface area contributed by atoms with Gasteiger partial charge in [-0.3, -0.25) is 4.99 Å². The second kappa shape index (κ2) is 7.02. The fraction of sp³-hybridized carbons (Fsp3) is 0.364. The zero-order valence-corrected chi connectivity index (χ0v) is 15.4. The third-order valence-electron chi connectivity index (χ3n) is 5.29. The summed E-state index contributed by atoms with van der Waals surface area (Å²) in [5.41, 5.74) is 6.44. The fourth-order valence-electron chi connectivity index (χ4n) is 3.81. The lowest BCUT2D eigenvalue weighted by molar-refractivity contribution is 0.577. The Labute approximate surface area is 154 Å². The maximum absolute atomic E-state index is 13.6. The Morgan fingerprint density at radius 2 is 1.73 bits per heavy atom. The first-order valence-corrected chi connectivity index (χ1v) is 9.36. The van der Waals surface area contributed by atoms with Crippen molar-refractivity contribution in [3.05, 3.63) is 64.5 Å². The molecule has 134 valence electrons. The van der Waals surface area contributed by atoms with Crippen LogP contribution in [-0.4, -0.2) is 31.2 Å². The molecule has 0 bridgehead atoms. The minimum absolute atomic E-state index is 0.251. The van der Waals surface area contributed by atoms with Gasteiger partial charge in [-0.15, -0.1) is 0 Å². The molecule has 0 unspecified atom stereocenters. The average Bonchev–Trinajstić information content (AvgIpc) is 3.14. The zero-order valence-electron chi connectivity index (χ0n) is 15.4. The molecule has 0 aliphatic carbocycles. The molecule has 3 nitrogen and oxygen atoms in total. The van der Waals surface area contributed by atoms with Crippen molar-refractivity contribution in [3.63, 3.8) is 0 Å². The van der Waals surface area contributed by atoms with E-state index < -0.39 is 0 Å². The molecule has 0 N–H and O–H groups in total. The molecule has 0 atom stereocenters. The molecule has 26 heavy (non-hydrogen) atoms. The summed E-state index contributed by atoms with van der Waals surface area (Å²) in [5, 5.41) is 0. The van der Waals surface area contributed by atoms with E-state index >= 15 is 0 Å². The Bertz CT molecular complexity index is 892. The molecule has 0 aromatic heterocycles. The second-order valence-electron chi connectivity index (χ2n) is 7.21. The maximum Gasteiger partial charge on any atom is 0.155 e. The molecule has 0 spiro atoms. The van der Waals surface area contributed by atoms with Crippen LogP contribution in [0.1, 0.15) is 41.5 Å². The Morgan fingerprint density at radius 3 is 2.50 bits per heavy atom. The van der Waals surface area contributed by atoms with Crippen molar-refractivity contribution in [2.24, 2.45) is 9.98 Å². The van der Waals surface area contributed by atoms with Gasteiger partial charge in [0.05, 0.1) is 12.3 Å². The molecule has 0 amide bonds. The van der Waals surface area contributed by atoms with Crippen molar-refractivity contribution in [2.75, 3.05) is 24.5 Å². The second-order valence-corrected chi connectivity index (χ2v) is 7.21. The molecule has 2 aromatic rings. The number of benzene rings is 2. The summed E-state index contributed by atoms with van der Waals surface area (Å²) in [6, 6.07) is 11.3. The highest BCUT2D eigenvalue weighted by molar-refractivity contribution is 6.17. The van der Waals surface area contributed by atoms with Crippen LogP contribution in [0, 0.1) is 19.7 Å². The Morgan fingerprint density at radius 1 is 0.923 bits per heavy atom. The summed E-state index contributed by atoms with van der Waals surface area (Å²) in [5.74, 6) is 0.383. The molecular weight excluding hydrogens is 325 g/mol. The average molecular weight is 349 g/mol. The van der Waals surface area contributed by atoms with Crippen molar-refractivity contribution < 1.29 is 4.39 Å². The van der Waals surface area contributed by atoms with Gasteiger partial charge in [-0.25, -0.2) is 9.38 Å². The van der Waals surface area contributed by atoms with E-state index in [1.807, 2.05) is 6.92 Å². The van der Waals surface area contributed by atoms with Gasteiger partial charge in [0, 0.05) is 24.3 Å². The van der Waals surface area contributed by atoms with Crippen LogP contribution in [0.5, 0.6) is 0 Å². The fourth-order valence-corrected chi connectivity index (χ4v) is 3.81. The van der Waals surface area contributed by atoms with E-state index in [0.29, 0.717) is 12.4 Å². The van der Waals surface area contributed by atoms with Crippen molar-refractivity contribution in [3.8, 4) is 0 Å². The first kappa shape index (κ1) is 17.0. The molecule has 2 aromatic carbocycles. The van der Waals surface area contributed by atoms with E-state index in [4.69, 9.17) is 4.99 Å². The molecule has 2 heterocycles. The standard InChI is InChI=1S/C22H24FN3/c1-15-6-8-18(23)13-19(15)22-24-14-20(25-22)17-7-9-21(16(2)12-17)26-10-4-3-5-11-26/h6-9,12-13H,3-5,10-11,14H2,1-2H3. The van der Waals surface area contributed by atoms with Crippen molar-refractivity contribution in [2.45, 2.75) is 33.1 Å². The van der Waals surface area contributed by atoms with Crippen LogP contribution in [0.15, 0.2) is 46.4 Å². The van der Waals surface area contributed by atoms with Crippen LogP contribution in [0.3, 0.4) is 0 Å². The van der Waals surface area contributed by atoms with Crippen LogP contribution < -0.4 is 4.90 Å². The number of aliphatic imine (C=N–C) groups is 2. The van der Waals surface area contributed by atoms with Gasteiger partial charge in [0.15, 0.2) is 5.84 Å². The Kier molecular flexibility index (Phi) is 4.58. The van der Waals surface area contributed by atoms with Gasteiger partial charge in [0.2, 0.25) is 0 Å². The summed E-state index contributed by atoms with van der Waals surface area (Å²) in [6.07, 6.45) is 3.89. The lowest BCUT2D eigenvalue weighted by atomic mass is 10.0. The molecular formula is C22H24FN3. The number of aryl methyl sites for hydroxylation is 2. The molecule has 2 aliphatic heterocycles. The third kappa shape index (κ3) is 3.28. The van der Waals surface area contributed by atoms with E-state index in [1.54, 1.807) is 6.07 Å². The summed E-state index contributed by atoms with van der Waals surface area (Å²) < 4.78 is 13.6. The number of nitrogens with zero attached hydrogens (tertiary/aromatic N) is 3. The Balaban J connectivity index is 1.59. The number of hydrogen-bond acceptors (Lipinski definition) is 3. The van der Waals surface area contributed by atoms with Gasteiger partial charge in [-0.05, 0) is 74.1 Å². The van der Waals surface area contributed by atoms with E-state index in [9.17, 15) is 4.39 Å². The molecule has 0 saturated carbocycles. The molecule has 4 heteroatoms. The summed E-state index contributed by atoms with van der Waals surface area (Å²) >= 11 is 0. The van der Waals surface area contributed by atoms with Crippen LogP contribution in [0.25, 0.3) is 0 Å². The predicted molar refractivity (Wildman–Crippen MR) is 106 cm³/mol. The normalized spacial score (nSPS) is 17.3. The topological polar surface area (TPSA) is 28.0 Å². The smallest absolute Gasteiger partial charge is 0.155 e. The highest BCUT2D eigenvalue weighted by Crippen LogP contribution is 2.26. The zero-order chi connectivity index (χ0) is 18.1. The first-order valence-electron chi connectivity index (χ1n) is 9.36. The van der Waals surface area contributed by atoms with Crippen molar-refractivity contribution in [1.82, 2.24) is 0 Å². The van der Waals surface area contributed by atoms with E-state index in [-0.39, 0.29) is 5.82 Å². The van der Waals surface area contributed by atoms with Crippen LogP contribution in [0.2, 0.25) is 0 Å². The van der Waals surface area contributed by atoms with Gasteiger partial charge in [-0.2, -0.15) is 0 Å². The Hall–Kier alpha value is -2.49. The van der Waals surface area contributed by atoms with E-state index in [2.05, 4.69) is 35.0 Å². The lowest BCUT2D eigenvalue weighted by Gasteiger charge is -2.30. The highest BCUT2D eigenvalue weighted by atomic mass is 19.1.